The van der Waals surface area contributed by atoms with Crippen molar-refractivity contribution in [2.75, 3.05) is 40.4 Å². The van der Waals surface area contributed by atoms with Gasteiger partial charge in [-0.25, -0.2) is 9.59 Å². The molecule has 1 heterocycles. The number of hydrogen-bond donors (Lipinski definition) is 2. The summed E-state index contributed by atoms with van der Waals surface area (Å²) >= 11 is 3.51. The number of carboxylic acids is 2. The average Bonchev–Trinajstić information content (AvgIpc) is 2.79. The van der Waals surface area contributed by atoms with E-state index in [1.165, 1.54) is 5.56 Å². The monoisotopic (exact) mass is 508 g/mol. The predicted molar refractivity (Wildman–Crippen MR) is 120 cm³/mol. The second-order valence-electron chi connectivity index (χ2n) is 6.88. The van der Waals surface area contributed by atoms with Gasteiger partial charge in [0, 0.05) is 42.8 Å². The third-order valence-corrected chi connectivity index (χ3v) is 5.26. The molecule has 172 valence electrons. The van der Waals surface area contributed by atoms with Gasteiger partial charge in [0.25, 0.3) is 5.91 Å². The lowest BCUT2D eigenvalue weighted by Gasteiger charge is -2.35. The molecule has 1 aliphatic heterocycles. The summed E-state index contributed by atoms with van der Waals surface area (Å²) in [6, 6.07) is 13.7. The summed E-state index contributed by atoms with van der Waals surface area (Å²) in [5.74, 6) is -2.41. The first kappa shape index (κ1) is 25.2. The van der Waals surface area contributed by atoms with Crippen LogP contribution in [0.4, 0.5) is 0 Å². The second-order valence-corrected chi connectivity index (χ2v) is 7.79. The zero-order valence-corrected chi connectivity index (χ0v) is 19.4. The highest BCUT2D eigenvalue weighted by Crippen LogP contribution is 2.28. The molecule has 0 saturated carbocycles. The molecular formula is C22H25BrN2O7. The summed E-state index contributed by atoms with van der Waals surface area (Å²) in [6.45, 7) is 4.08. The van der Waals surface area contributed by atoms with Crippen LogP contribution in [0.25, 0.3) is 0 Å². The van der Waals surface area contributed by atoms with Crippen LogP contribution in [-0.2, 0) is 16.1 Å². The van der Waals surface area contributed by atoms with Gasteiger partial charge in [-0.1, -0.05) is 28.1 Å². The lowest BCUT2D eigenvalue weighted by atomic mass is 10.1. The van der Waals surface area contributed by atoms with Gasteiger partial charge in [0.15, 0.2) is 11.5 Å². The van der Waals surface area contributed by atoms with Crippen molar-refractivity contribution in [3.8, 4) is 11.5 Å². The van der Waals surface area contributed by atoms with Crippen molar-refractivity contribution in [1.82, 2.24) is 9.80 Å². The Bertz CT molecular complexity index is 947. The SMILES string of the molecule is COc1ccc(C(=O)N2CCN(Cc3cccc(Br)c3)CC2)cc1OC.O=C(O)C(=O)O. The molecule has 1 aliphatic rings. The Kier molecular flexibility index (Phi) is 9.48. The lowest BCUT2D eigenvalue weighted by molar-refractivity contribution is -0.159. The van der Waals surface area contributed by atoms with E-state index in [1.807, 2.05) is 11.0 Å². The standard InChI is InChI=1S/C20H23BrN2O3.C2H2O4/c1-25-18-7-6-16(13-19(18)26-2)20(24)23-10-8-22(9-11-23)14-15-4-3-5-17(21)12-15;3-1(4)2(5)6/h3-7,12-13H,8-11,14H2,1-2H3;(H,3,4)(H,5,6). The van der Waals surface area contributed by atoms with Crippen molar-refractivity contribution >= 4 is 33.8 Å². The molecule has 32 heavy (non-hydrogen) atoms. The van der Waals surface area contributed by atoms with Crippen LogP contribution in [0.5, 0.6) is 11.5 Å². The number of hydrogen-bond acceptors (Lipinski definition) is 6. The molecule has 0 atom stereocenters. The average molecular weight is 509 g/mol. The van der Waals surface area contributed by atoms with E-state index in [2.05, 4.69) is 39.0 Å². The highest BCUT2D eigenvalue weighted by molar-refractivity contribution is 9.10. The maximum Gasteiger partial charge on any atom is 0.414 e. The fraction of sp³-hybridized carbons (Fsp3) is 0.318. The summed E-state index contributed by atoms with van der Waals surface area (Å²) in [5.41, 5.74) is 1.90. The van der Waals surface area contributed by atoms with Crippen molar-refractivity contribution < 1.29 is 34.1 Å². The van der Waals surface area contributed by atoms with Crippen LogP contribution < -0.4 is 9.47 Å². The largest absolute Gasteiger partial charge is 0.493 e. The smallest absolute Gasteiger partial charge is 0.414 e. The Hall–Kier alpha value is -3.11. The van der Waals surface area contributed by atoms with E-state index in [4.69, 9.17) is 29.3 Å². The van der Waals surface area contributed by atoms with Crippen LogP contribution in [0.1, 0.15) is 15.9 Å². The molecule has 0 unspecified atom stereocenters. The highest BCUT2D eigenvalue weighted by Gasteiger charge is 2.23. The van der Waals surface area contributed by atoms with Gasteiger partial charge in [-0.2, -0.15) is 0 Å². The molecule has 1 amide bonds. The van der Waals surface area contributed by atoms with Crippen LogP contribution in [0.15, 0.2) is 46.9 Å². The number of carbonyl (C=O) groups is 3. The number of piperazine rings is 1. The fourth-order valence-corrected chi connectivity index (χ4v) is 3.60. The number of ether oxygens (including phenoxy) is 2. The third-order valence-electron chi connectivity index (χ3n) is 4.77. The number of rotatable bonds is 5. The van der Waals surface area contributed by atoms with Gasteiger partial charge in [0.1, 0.15) is 0 Å². The second kappa shape index (κ2) is 12.1. The maximum absolute atomic E-state index is 12.8. The summed E-state index contributed by atoms with van der Waals surface area (Å²) < 4.78 is 11.6. The number of methoxy groups -OCH3 is 2. The van der Waals surface area contributed by atoms with E-state index in [0.29, 0.717) is 17.1 Å². The van der Waals surface area contributed by atoms with Crippen molar-refractivity contribution in [3.05, 3.63) is 58.1 Å². The predicted octanol–water partition coefficient (Wildman–Crippen LogP) is 2.58. The minimum Gasteiger partial charge on any atom is -0.493 e. The number of nitrogens with zero attached hydrogens (tertiary/aromatic N) is 2. The quantitative estimate of drug-likeness (QED) is 0.591. The molecule has 10 heteroatoms. The number of benzene rings is 2. The maximum atomic E-state index is 12.8. The third kappa shape index (κ3) is 7.24. The first-order chi connectivity index (χ1) is 15.2. The Labute approximate surface area is 194 Å². The summed E-state index contributed by atoms with van der Waals surface area (Å²) in [4.78, 5) is 35.3. The molecule has 2 N–H and O–H groups in total. The van der Waals surface area contributed by atoms with Crippen molar-refractivity contribution in [3.63, 3.8) is 0 Å². The van der Waals surface area contributed by atoms with E-state index in [9.17, 15) is 4.79 Å². The first-order valence-electron chi connectivity index (χ1n) is 9.69. The van der Waals surface area contributed by atoms with E-state index >= 15 is 0 Å². The van der Waals surface area contributed by atoms with Crippen LogP contribution in [-0.4, -0.2) is 78.3 Å². The molecule has 0 radical (unpaired) electrons. The van der Waals surface area contributed by atoms with Gasteiger partial charge in [0.2, 0.25) is 0 Å². The van der Waals surface area contributed by atoms with E-state index in [1.54, 1.807) is 32.4 Å². The van der Waals surface area contributed by atoms with Gasteiger partial charge >= 0.3 is 11.9 Å². The van der Waals surface area contributed by atoms with Crippen LogP contribution in [0.3, 0.4) is 0 Å². The minimum absolute atomic E-state index is 0.0352. The normalized spacial score (nSPS) is 13.5. The molecule has 0 bridgehead atoms. The van der Waals surface area contributed by atoms with Gasteiger partial charge < -0.3 is 24.6 Å². The molecular weight excluding hydrogens is 484 g/mol. The molecule has 2 aromatic carbocycles. The first-order valence-corrected chi connectivity index (χ1v) is 10.5. The lowest BCUT2D eigenvalue weighted by Crippen LogP contribution is -2.48. The van der Waals surface area contributed by atoms with Gasteiger partial charge in [-0.05, 0) is 35.9 Å². The zero-order chi connectivity index (χ0) is 23.7. The number of amides is 1. The van der Waals surface area contributed by atoms with Crippen LogP contribution in [0, 0.1) is 0 Å². The summed E-state index contributed by atoms with van der Waals surface area (Å²) in [6.07, 6.45) is 0. The molecule has 0 spiro atoms. The Balaban J connectivity index is 0.000000534. The molecule has 0 aromatic heterocycles. The van der Waals surface area contributed by atoms with E-state index in [-0.39, 0.29) is 5.91 Å². The highest BCUT2D eigenvalue weighted by atomic mass is 79.9. The zero-order valence-electron chi connectivity index (χ0n) is 17.8. The van der Waals surface area contributed by atoms with E-state index in [0.717, 1.165) is 37.2 Å². The van der Waals surface area contributed by atoms with E-state index < -0.39 is 11.9 Å². The Morgan fingerprint density at radius 2 is 1.53 bits per heavy atom. The number of aliphatic carboxylic acids is 2. The van der Waals surface area contributed by atoms with Crippen LogP contribution >= 0.6 is 15.9 Å². The van der Waals surface area contributed by atoms with Crippen molar-refractivity contribution in [2.45, 2.75) is 6.54 Å². The Morgan fingerprint density at radius 1 is 0.906 bits per heavy atom. The Morgan fingerprint density at radius 3 is 2.06 bits per heavy atom. The van der Waals surface area contributed by atoms with Gasteiger partial charge in [-0.15, -0.1) is 0 Å². The van der Waals surface area contributed by atoms with Crippen molar-refractivity contribution in [1.29, 1.82) is 0 Å². The topological polar surface area (TPSA) is 117 Å². The number of carbonyl (C=O) groups excluding carboxylic acids is 1. The molecule has 9 nitrogen and oxygen atoms in total. The summed E-state index contributed by atoms with van der Waals surface area (Å²) in [5, 5.41) is 14.8. The van der Waals surface area contributed by atoms with Gasteiger partial charge in [0.05, 0.1) is 14.2 Å². The van der Waals surface area contributed by atoms with Crippen molar-refractivity contribution in [2.24, 2.45) is 0 Å². The number of halogens is 1. The van der Waals surface area contributed by atoms with Crippen LogP contribution in [0.2, 0.25) is 0 Å². The number of carboxylic acid groups (broad SMARTS) is 2. The molecule has 1 saturated heterocycles. The summed E-state index contributed by atoms with van der Waals surface area (Å²) in [7, 11) is 3.16. The molecule has 3 rings (SSSR count). The fourth-order valence-electron chi connectivity index (χ4n) is 3.15. The minimum atomic E-state index is -1.82. The van der Waals surface area contributed by atoms with Gasteiger partial charge in [-0.3, -0.25) is 9.69 Å². The molecule has 1 fully saturated rings. The molecule has 0 aliphatic carbocycles. The molecule has 2 aromatic rings.